The van der Waals surface area contributed by atoms with Crippen LogP contribution in [0.3, 0.4) is 0 Å². The van der Waals surface area contributed by atoms with Crippen molar-refractivity contribution in [2.75, 3.05) is 5.43 Å². The molecule has 0 aromatic heterocycles. The second kappa shape index (κ2) is 6.61. The predicted molar refractivity (Wildman–Crippen MR) is 75.8 cm³/mol. The van der Waals surface area contributed by atoms with Gasteiger partial charge < -0.3 is 10.5 Å². The minimum Gasteiger partial charge on any atom is -0.489 e. The van der Waals surface area contributed by atoms with Gasteiger partial charge in [-0.1, -0.05) is 11.6 Å². The Bertz CT molecular complexity index is 548. The van der Waals surface area contributed by atoms with Crippen molar-refractivity contribution < 1.29 is 4.74 Å². The normalized spacial score (nSPS) is 11.0. The van der Waals surface area contributed by atoms with Gasteiger partial charge in [-0.3, -0.25) is 10.8 Å². The highest BCUT2D eigenvalue weighted by molar-refractivity contribution is 6.45. The summed E-state index contributed by atoms with van der Waals surface area (Å²) in [5, 5.41) is 19.9. The van der Waals surface area contributed by atoms with E-state index < -0.39 is 5.84 Å². The van der Waals surface area contributed by atoms with Crippen LogP contribution in [-0.2, 0) is 0 Å². The number of hydrogen-bond acceptors (Lipinski definition) is 5. The molecule has 1 aromatic carbocycles. The Labute approximate surface area is 116 Å². The van der Waals surface area contributed by atoms with Crippen LogP contribution in [0.4, 0.5) is 5.69 Å². The third-order valence-electron chi connectivity index (χ3n) is 1.95. The number of hydrogen-bond donors (Lipinski definition) is 3. The van der Waals surface area contributed by atoms with Gasteiger partial charge >= 0.3 is 0 Å². The zero-order chi connectivity index (χ0) is 14.4. The van der Waals surface area contributed by atoms with Gasteiger partial charge in [-0.2, -0.15) is 10.4 Å². The molecular weight excluding hydrogens is 266 g/mol. The van der Waals surface area contributed by atoms with Crippen molar-refractivity contribution in [3.8, 4) is 11.8 Å². The first-order valence-corrected chi connectivity index (χ1v) is 5.86. The Kier molecular flexibility index (Phi) is 5.15. The molecule has 0 aliphatic carbocycles. The summed E-state index contributed by atoms with van der Waals surface area (Å²) in [6.07, 6.45) is 0.0252. The average Bonchev–Trinajstić information content (AvgIpc) is 2.32. The van der Waals surface area contributed by atoms with Crippen molar-refractivity contribution in [1.29, 1.82) is 10.7 Å². The minimum atomic E-state index is -0.402. The summed E-state index contributed by atoms with van der Waals surface area (Å²) in [6.45, 7) is 3.80. The third kappa shape index (κ3) is 4.48. The van der Waals surface area contributed by atoms with E-state index >= 15 is 0 Å². The molecule has 0 aliphatic rings. The lowest BCUT2D eigenvalue weighted by Gasteiger charge is -2.12. The summed E-state index contributed by atoms with van der Waals surface area (Å²) in [4.78, 5) is 0. The lowest BCUT2D eigenvalue weighted by Crippen LogP contribution is -2.21. The number of ether oxygens (including phenoxy) is 1. The number of anilines is 1. The number of amidine groups is 1. The van der Waals surface area contributed by atoms with Gasteiger partial charge in [-0.15, -0.1) is 0 Å². The van der Waals surface area contributed by atoms with Crippen molar-refractivity contribution in [3.63, 3.8) is 0 Å². The van der Waals surface area contributed by atoms with Crippen LogP contribution in [0.5, 0.6) is 5.75 Å². The molecule has 100 valence electrons. The maximum Gasteiger partial charge on any atom is 0.201 e. The van der Waals surface area contributed by atoms with E-state index in [0.717, 1.165) is 0 Å². The summed E-state index contributed by atoms with van der Waals surface area (Å²) in [6, 6.07) is 6.70. The van der Waals surface area contributed by atoms with Crippen LogP contribution in [0.25, 0.3) is 0 Å². The Morgan fingerprint density at radius 1 is 1.58 bits per heavy atom. The molecule has 1 aromatic rings. The van der Waals surface area contributed by atoms with Gasteiger partial charge in [0.15, 0.2) is 5.84 Å². The summed E-state index contributed by atoms with van der Waals surface area (Å²) >= 11 is 6.04. The average molecular weight is 280 g/mol. The fraction of sp³-hybridized carbons (Fsp3) is 0.250. The fourth-order valence-electron chi connectivity index (χ4n) is 1.19. The number of hydrazone groups is 1. The van der Waals surface area contributed by atoms with Crippen molar-refractivity contribution in [2.45, 2.75) is 20.0 Å². The minimum absolute atomic E-state index is 0.0252. The molecule has 19 heavy (non-hydrogen) atoms. The van der Waals surface area contributed by atoms with Crippen LogP contribution in [0.15, 0.2) is 23.3 Å². The van der Waals surface area contributed by atoms with Crippen LogP contribution in [0, 0.1) is 16.7 Å². The molecule has 0 amide bonds. The van der Waals surface area contributed by atoms with E-state index in [1.807, 2.05) is 13.8 Å². The SMILES string of the molecule is CC(C)Oc1ccc(N/N=C(\C#N)C(=N)N)cc1Cl. The lowest BCUT2D eigenvalue weighted by molar-refractivity contribution is 0.242. The number of nitriles is 1. The van der Waals surface area contributed by atoms with Gasteiger partial charge in [0.05, 0.1) is 16.8 Å². The zero-order valence-corrected chi connectivity index (χ0v) is 11.3. The summed E-state index contributed by atoms with van der Waals surface area (Å²) in [5.41, 5.74) is 8.14. The van der Waals surface area contributed by atoms with Crippen molar-refractivity contribution in [1.82, 2.24) is 0 Å². The number of nitrogens with two attached hydrogens (primary N) is 1. The van der Waals surface area contributed by atoms with E-state index in [1.54, 1.807) is 24.3 Å². The first-order valence-electron chi connectivity index (χ1n) is 5.48. The molecule has 0 radical (unpaired) electrons. The highest BCUT2D eigenvalue weighted by Gasteiger charge is 2.05. The smallest absolute Gasteiger partial charge is 0.201 e. The highest BCUT2D eigenvalue weighted by Crippen LogP contribution is 2.28. The Balaban J connectivity index is 2.85. The van der Waals surface area contributed by atoms with Gasteiger partial charge in [0.25, 0.3) is 0 Å². The molecular formula is C12H14ClN5O. The maximum atomic E-state index is 8.68. The van der Waals surface area contributed by atoms with Crippen LogP contribution in [0.2, 0.25) is 5.02 Å². The number of halogens is 1. The van der Waals surface area contributed by atoms with E-state index in [4.69, 9.17) is 32.7 Å². The number of benzene rings is 1. The van der Waals surface area contributed by atoms with Gasteiger partial charge in [0.1, 0.15) is 11.8 Å². The Hall–Kier alpha value is -2.26. The van der Waals surface area contributed by atoms with Crippen LogP contribution in [-0.4, -0.2) is 17.7 Å². The number of nitrogens with one attached hydrogen (secondary N) is 2. The van der Waals surface area contributed by atoms with Crippen molar-refractivity contribution in [3.05, 3.63) is 23.2 Å². The molecule has 0 atom stereocenters. The Morgan fingerprint density at radius 2 is 2.26 bits per heavy atom. The van der Waals surface area contributed by atoms with Crippen LogP contribution >= 0.6 is 11.6 Å². The molecule has 0 spiro atoms. The number of rotatable bonds is 5. The van der Waals surface area contributed by atoms with Crippen molar-refractivity contribution in [2.24, 2.45) is 10.8 Å². The zero-order valence-electron chi connectivity index (χ0n) is 10.6. The largest absolute Gasteiger partial charge is 0.489 e. The third-order valence-corrected chi connectivity index (χ3v) is 2.25. The van der Waals surface area contributed by atoms with E-state index in [-0.39, 0.29) is 11.8 Å². The monoisotopic (exact) mass is 279 g/mol. The molecule has 0 saturated heterocycles. The van der Waals surface area contributed by atoms with Crippen LogP contribution in [0.1, 0.15) is 13.8 Å². The molecule has 1 rings (SSSR count). The van der Waals surface area contributed by atoms with Gasteiger partial charge in [-0.25, -0.2) is 0 Å². The van der Waals surface area contributed by atoms with Gasteiger partial charge in [0, 0.05) is 0 Å². The molecule has 4 N–H and O–H groups in total. The molecule has 0 heterocycles. The van der Waals surface area contributed by atoms with Gasteiger partial charge in [0.2, 0.25) is 5.71 Å². The second-order valence-electron chi connectivity index (χ2n) is 3.91. The van der Waals surface area contributed by atoms with E-state index in [2.05, 4.69) is 10.5 Å². The summed E-state index contributed by atoms with van der Waals surface area (Å²) < 4.78 is 5.48. The molecule has 0 saturated carbocycles. The van der Waals surface area contributed by atoms with Crippen molar-refractivity contribution >= 4 is 28.8 Å². The first-order chi connectivity index (χ1) is 8.93. The molecule has 7 heteroatoms. The first kappa shape index (κ1) is 14.8. The lowest BCUT2D eigenvalue weighted by atomic mass is 10.3. The standard InChI is InChI=1S/C12H14ClN5O/c1-7(2)19-11-4-3-8(5-9(11)13)17-18-10(6-14)12(15)16/h3-5,7,17H,1-2H3,(H3,15,16)/b18-10+. The Morgan fingerprint density at radius 3 is 2.74 bits per heavy atom. The van der Waals surface area contributed by atoms with E-state index in [9.17, 15) is 0 Å². The second-order valence-corrected chi connectivity index (χ2v) is 4.32. The topological polar surface area (TPSA) is 107 Å². The van der Waals surface area contributed by atoms with Crippen LogP contribution < -0.4 is 15.9 Å². The quantitative estimate of drug-likeness (QED) is 0.437. The predicted octanol–water partition coefficient (Wildman–Crippen LogP) is 2.35. The molecule has 0 fully saturated rings. The number of nitrogens with zero attached hydrogens (tertiary/aromatic N) is 2. The molecule has 0 aliphatic heterocycles. The molecule has 0 bridgehead atoms. The summed E-state index contributed by atoms with van der Waals surface area (Å²) in [7, 11) is 0. The van der Waals surface area contributed by atoms with Gasteiger partial charge in [-0.05, 0) is 32.0 Å². The molecule has 6 nitrogen and oxygen atoms in total. The molecule has 0 unspecified atom stereocenters. The van der Waals surface area contributed by atoms with E-state index in [1.165, 1.54) is 0 Å². The summed E-state index contributed by atoms with van der Waals surface area (Å²) in [5.74, 6) is 0.166. The fourth-order valence-corrected chi connectivity index (χ4v) is 1.41. The highest BCUT2D eigenvalue weighted by atomic mass is 35.5. The van der Waals surface area contributed by atoms with E-state index in [0.29, 0.717) is 16.5 Å². The maximum absolute atomic E-state index is 8.68.